The van der Waals surface area contributed by atoms with Crippen molar-refractivity contribution >= 4 is 22.7 Å². The van der Waals surface area contributed by atoms with E-state index in [0.717, 1.165) is 0 Å². The molecule has 0 rings (SSSR count). The molecular weight excluding hydrogens is 148 g/mol. The molecule has 0 spiro atoms. The Morgan fingerprint density at radius 2 is 1.90 bits per heavy atom. The summed E-state index contributed by atoms with van der Waals surface area (Å²) in [6, 6.07) is 0. The SMILES string of the molecule is CCOC(=O)CC(C)=O.[Si]. The van der Waals surface area contributed by atoms with Crippen molar-refractivity contribution in [3.8, 4) is 0 Å². The van der Waals surface area contributed by atoms with E-state index in [1.54, 1.807) is 6.92 Å². The van der Waals surface area contributed by atoms with E-state index in [1.807, 2.05) is 0 Å². The average molecular weight is 158 g/mol. The summed E-state index contributed by atoms with van der Waals surface area (Å²) >= 11 is 0. The highest BCUT2D eigenvalue weighted by Crippen LogP contribution is 1.86. The summed E-state index contributed by atoms with van der Waals surface area (Å²) in [6.45, 7) is 3.40. The van der Waals surface area contributed by atoms with Crippen molar-refractivity contribution in [1.82, 2.24) is 0 Å². The van der Waals surface area contributed by atoms with Gasteiger partial charge in [0.2, 0.25) is 0 Å². The zero-order valence-electron chi connectivity index (χ0n) is 6.14. The lowest BCUT2D eigenvalue weighted by molar-refractivity contribution is -0.145. The zero-order valence-corrected chi connectivity index (χ0v) is 7.14. The lowest BCUT2D eigenvalue weighted by Crippen LogP contribution is -2.07. The Bertz CT molecular complexity index is 122. The quantitative estimate of drug-likeness (QED) is 0.333. The maximum Gasteiger partial charge on any atom is 0.313 e. The summed E-state index contributed by atoms with van der Waals surface area (Å²) in [7, 11) is 0. The van der Waals surface area contributed by atoms with Gasteiger partial charge in [0.15, 0.2) is 0 Å². The third-order valence-corrected chi connectivity index (χ3v) is 0.699. The number of carbonyl (C=O) groups excluding carboxylic acids is 2. The van der Waals surface area contributed by atoms with Crippen molar-refractivity contribution in [2.45, 2.75) is 20.3 Å². The number of Topliss-reactive ketones (excluding diaryl/α,β-unsaturated/α-hetero) is 1. The molecule has 4 heteroatoms. The molecule has 0 N–H and O–H groups in total. The standard InChI is InChI=1S/C6H10O3.Si/c1-3-9-6(8)4-5(2)7;/h3-4H2,1-2H3;. The first kappa shape index (κ1) is 12.1. The van der Waals surface area contributed by atoms with Crippen LogP contribution < -0.4 is 0 Å². The predicted molar refractivity (Wildman–Crippen MR) is 37.7 cm³/mol. The second-order valence-electron chi connectivity index (χ2n) is 1.68. The van der Waals surface area contributed by atoms with Crippen molar-refractivity contribution in [3.63, 3.8) is 0 Å². The van der Waals surface area contributed by atoms with Crippen LogP contribution in [0.2, 0.25) is 0 Å². The minimum absolute atomic E-state index is 0. The van der Waals surface area contributed by atoms with Gasteiger partial charge in [-0.15, -0.1) is 0 Å². The monoisotopic (exact) mass is 158 g/mol. The first-order valence-electron chi connectivity index (χ1n) is 2.82. The topological polar surface area (TPSA) is 43.4 Å². The molecule has 4 radical (unpaired) electrons. The molecule has 0 heterocycles. The van der Waals surface area contributed by atoms with Crippen LogP contribution in [0.4, 0.5) is 0 Å². The van der Waals surface area contributed by atoms with Gasteiger partial charge >= 0.3 is 5.97 Å². The van der Waals surface area contributed by atoms with Crippen molar-refractivity contribution in [3.05, 3.63) is 0 Å². The molecule has 0 aromatic rings. The van der Waals surface area contributed by atoms with E-state index in [0.29, 0.717) is 6.61 Å². The van der Waals surface area contributed by atoms with Crippen LogP contribution in [0.1, 0.15) is 20.3 Å². The van der Waals surface area contributed by atoms with Crippen molar-refractivity contribution in [1.29, 1.82) is 0 Å². The summed E-state index contributed by atoms with van der Waals surface area (Å²) in [5.41, 5.74) is 0. The van der Waals surface area contributed by atoms with Crippen molar-refractivity contribution in [2.24, 2.45) is 0 Å². The lowest BCUT2D eigenvalue weighted by Gasteiger charge is -1.96. The van der Waals surface area contributed by atoms with Gasteiger partial charge in [0.1, 0.15) is 12.2 Å². The molecule has 0 aliphatic carbocycles. The predicted octanol–water partition coefficient (Wildman–Crippen LogP) is 0.148. The molecule has 0 unspecified atom stereocenters. The minimum Gasteiger partial charge on any atom is -0.466 e. The fraction of sp³-hybridized carbons (Fsp3) is 0.667. The maximum absolute atomic E-state index is 10.4. The summed E-state index contributed by atoms with van der Waals surface area (Å²) in [5, 5.41) is 0. The van der Waals surface area contributed by atoms with Crippen LogP contribution in [0.25, 0.3) is 0 Å². The van der Waals surface area contributed by atoms with Crippen LogP contribution in [-0.4, -0.2) is 29.3 Å². The van der Waals surface area contributed by atoms with E-state index in [1.165, 1.54) is 6.92 Å². The molecule has 0 amide bonds. The van der Waals surface area contributed by atoms with Crippen LogP contribution in [0.15, 0.2) is 0 Å². The summed E-state index contributed by atoms with van der Waals surface area (Å²) in [5.74, 6) is -0.599. The van der Waals surface area contributed by atoms with Crippen LogP contribution in [0, 0.1) is 0 Å². The second kappa shape index (κ2) is 6.48. The summed E-state index contributed by atoms with van der Waals surface area (Å²) in [6.07, 6.45) is -0.103. The van der Waals surface area contributed by atoms with E-state index in [2.05, 4.69) is 4.74 Å². The molecule has 56 valence electrons. The first-order valence-corrected chi connectivity index (χ1v) is 2.82. The van der Waals surface area contributed by atoms with E-state index in [9.17, 15) is 9.59 Å². The van der Waals surface area contributed by atoms with Gasteiger partial charge in [0, 0.05) is 11.0 Å². The van der Waals surface area contributed by atoms with Gasteiger partial charge in [0.25, 0.3) is 0 Å². The first-order chi connectivity index (χ1) is 4.16. The number of carbonyl (C=O) groups is 2. The summed E-state index contributed by atoms with van der Waals surface area (Å²) in [4.78, 5) is 20.6. The molecular formula is C6H10O3Si. The molecule has 0 atom stereocenters. The molecule has 0 fully saturated rings. The highest BCUT2D eigenvalue weighted by molar-refractivity contribution is 5.94. The van der Waals surface area contributed by atoms with Crippen LogP contribution in [0.3, 0.4) is 0 Å². The molecule has 0 aliphatic rings. The highest BCUT2D eigenvalue weighted by Gasteiger charge is 2.03. The van der Waals surface area contributed by atoms with E-state index in [-0.39, 0.29) is 23.2 Å². The van der Waals surface area contributed by atoms with E-state index in [4.69, 9.17) is 0 Å². The number of hydrogen-bond acceptors (Lipinski definition) is 3. The number of ether oxygens (including phenoxy) is 1. The molecule has 3 nitrogen and oxygen atoms in total. The highest BCUT2D eigenvalue weighted by atomic mass is 28.1. The van der Waals surface area contributed by atoms with Gasteiger partial charge in [-0.05, 0) is 13.8 Å². The fourth-order valence-corrected chi connectivity index (χ4v) is 0.415. The molecule has 0 saturated carbocycles. The van der Waals surface area contributed by atoms with Crippen LogP contribution >= 0.6 is 0 Å². The second-order valence-corrected chi connectivity index (χ2v) is 1.68. The van der Waals surface area contributed by atoms with Gasteiger partial charge < -0.3 is 4.74 Å². The Hall–Kier alpha value is -0.643. The Morgan fingerprint density at radius 1 is 1.40 bits per heavy atom. The number of ketones is 1. The van der Waals surface area contributed by atoms with E-state index >= 15 is 0 Å². The average Bonchev–Trinajstić information content (AvgIpc) is 1.63. The van der Waals surface area contributed by atoms with Gasteiger partial charge in [0.05, 0.1) is 6.61 Å². The zero-order chi connectivity index (χ0) is 7.28. The van der Waals surface area contributed by atoms with Crippen LogP contribution in [0.5, 0.6) is 0 Å². The molecule has 0 bridgehead atoms. The van der Waals surface area contributed by atoms with Gasteiger partial charge in [-0.3, -0.25) is 9.59 Å². The number of rotatable bonds is 3. The van der Waals surface area contributed by atoms with E-state index < -0.39 is 5.97 Å². The third-order valence-electron chi connectivity index (χ3n) is 0.699. The van der Waals surface area contributed by atoms with Crippen LogP contribution in [-0.2, 0) is 14.3 Å². The van der Waals surface area contributed by atoms with Gasteiger partial charge in [-0.25, -0.2) is 0 Å². The lowest BCUT2D eigenvalue weighted by atomic mass is 10.3. The van der Waals surface area contributed by atoms with Gasteiger partial charge in [-0.2, -0.15) is 0 Å². The molecule has 0 aromatic carbocycles. The maximum atomic E-state index is 10.4. The smallest absolute Gasteiger partial charge is 0.313 e. The number of esters is 1. The normalized spacial score (nSPS) is 7.80. The Balaban J connectivity index is 0. The molecule has 0 saturated heterocycles. The summed E-state index contributed by atoms with van der Waals surface area (Å²) < 4.78 is 4.49. The third kappa shape index (κ3) is 7.36. The molecule has 0 aliphatic heterocycles. The molecule has 10 heavy (non-hydrogen) atoms. The van der Waals surface area contributed by atoms with Crippen molar-refractivity contribution < 1.29 is 14.3 Å². The van der Waals surface area contributed by atoms with Gasteiger partial charge in [-0.1, -0.05) is 0 Å². The fourth-order valence-electron chi connectivity index (χ4n) is 0.415. The largest absolute Gasteiger partial charge is 0.466 e. The Morgan fingerprint density at radius 3 is 2.20 bits per heavy atom. The minimum atomic E-state index is -0.440. The van der Waals surface area contributed by atoms with Crippen molar-refractivity contribution in [2.75, 3.05) is 6.61 Å². The Kier molecular flexibility index (Phi) is 7.82. The molecule has 0 aromatic heterocycles. The Labute approximate surface area is 64.8 Å². The number of hydrogen-bond donors (Lipinski definition) is 0.